The summed E-state index contributed by atoms with van der Waals surface area (Å²) < 4.78 is 0. The second-order valence-corrected chi connectivity index (χ2v) is 4.02. The molecule has 0 aliphatic rings. The van der Waals surface area contributed by atoms with Crippen LogP contribution in [0.15, 0.2) is 72.8 Å². The summed E-state index contributed by atoms with van der Waals surface area (Å²) in [6, 6.07) is 21.1. The Bertz CT molecular complexity index is 414. The Balaban J connectivity index is 2.36. The van der Waals surface area contributed by atoms with Crippen molar-refractivity contribution in [1.82, 2.24) is 0 Å². The zero-order chi connectivity index (χ0) is 11.9. The lowest BCUT2D eigenvalue weighted by Gasteiger charge is -2.13. The maximum absolute atomic E-state index is 3.86. The van der Waals surface area contributed by atoms with E-state index >= 15 is 0 Å². The quantitative estimate of drug-likeness (QED) is 0.662. The molecular weight excluding hydrogens is 204 g/mol. The van der Waals surface area contributed by atoms with E-state index in [4.69, 9.17) is 0 Å². The van der Waals surface area contributed by atoms with E-state index in [9.17, 15) is 0 Å². The van der Waals surface area contributed by atoms with Crippen LogP contribution in [0, 0.1) is 6.92 Å². The Morgan fingerprint density at radius 3 is 1.71 bits per heavy atom. The van der Waals surface area contributed by atoms with Gasteiger partial charge in [-0.3, -0.25) is 0 Å². The molecule has 0 aliphatic heterocycles. The fourth-order valence-corrected chi connectivity index (χ4v) is 1.97. The van der Waals surface area contributed by atoms with E-state index in [0.29, 0.717) is 5.92 Å². The first kappa shape index (κ1) is 11.7. The van der Waals surface area contributed by atoms with Crippen molar-refractivity contribution in [3.8, 4) is 0 Å². The molecule has 17 heavy (non-hydrogen) atoms. The molecule has 2 aromatic carbocycles. The fraction of sp³-hybridized carbons (Fsp3) is 0.118. The molecule has 0 aromatic heterocycles. The fourth-order valence-electron chi connectivity index (χ4n) is 1.97. The molecule has 0 N–H and O–H groups in total. The van der Waals surface area contributed by atoms with Gasteiger partial charge in [0.05, 0.1) is 0 Å². The van der Waals surface area contributed by atoms with E-state index in [1.165, 1.54) is 11.1 Å². The molecule has 2 rings (SSSR count). The van der Waals surface area contributed by atoms with Crippen LogP contribution in [0.5, 0.6) is 0 Å². The molecule has 1 radical (unpaired) electrons. The van der Waals surface area contributed by atoms with E-state index in [2.05, 4.69) is 79.7 Å². The molecule has 0 spiro atoms. The second-order valence-electron chi connectivity index (χ2n) is 4.02. The van der Waals surface area contributed by atoms with Crippen molar-refractivity contribution in [3.05, 3.63) is 90.9 Å². The highest BCUT2D eigenvalue weighted by Gasteiger charge is 2.09. The van der Waals surface area contributed by atoms with Crippen LogP contribution in [0.1, 0.15) is 23.5 Å². The van der Waals surface area contributed by atoms with Crippen molar-refractivity contribution in [1.29, 1.82) is 0 Å². The van der Waals surface area contributed by atoms with Crippen LogP contribution in [-0.2, 0) is 0 Å². The minimum Gasteiger partial charge on any atom is -0.0876 e. The van der Waals surface area contributed by atoms with Gasteiger partial charge >= 0.3 is 0 Å². The predicted molar refractivity (Wildman–Crippen MR) is 73.8 cm³/mol. The van der Waals surface area contributed by atoms with Crippen molar-refractivity contribution in [2.45, 2.75) is 12.3 Å². The SMILES string of the molecule is [CH2]CC=CC(c1ccccc1)c1ccccc1. The first-order valence-electron chi connectivity index (χ1n) is 5.97. The molecular formula is C17H17. The molecule has 2 aromatic rings. The average molecular weight is 221 g/mol. The smallest absolute Gasteiger partial charge is 0.0269 e. The van der Waals surface area contributed by atoms with Gasteiger partial charge < -0.3 is 0 Å². The molecule has 0 amide bonds. The minimum absolute atomic E-state index is 0.333. The third-order valence-electron chi connectivity index (χ3n) is 2.81. The summed E-state index contributed by atoms with van der Waals surface area (Å²) in [5.41, 5.74) is 2.65. The predicted octanol–water partition coefficient (Wildman–Crippen LogP) is 4.60. The molecule has 0 atom stereocenters. The molecule has 85 valence electrons. The molecule has 0 unspecified atom stereocenters. The summed E-state index contributed by atoms with van der Waals surface area (Å²) in [6.45, 7) is 3.86. The van der Waals surface area contributed by atoms with Gasteiger partial charge in [0.25, 0.3) is 0 Å². The van der Waals surface area contributed by atoms with E-state index in [0.717, 1.165) is 6.42 Å². The maximum Gasteiger partial charge on any atom is 0.0269 e. The lowest BCUT2D eigenvalue weighted by Crippen LogP contribution is -1.97. The molecule has 0 saturated heterocycles. The molecule has 0 fully saturated rings. The lowest BCUT2D eigenvalue weighted by atomic mass is 9.91. The van der Waals surface area contributed by atoms with Crippen LogP contribution in [0.4, 0.5) is 0 Å². The second kappa shape index (κ2) is 6.05. The van der Waals surface area contributed by atoms with Gasteiger partial charge in [0.15, 0.2) is 0 Å². The van der Waals surface area contributed by atoms with E-state index < -0.39 is 0 Å². The zero-order valence-electron chi connectivity index (χ0n) is 9.92. The molecule has 0 heteroatoms. The monoisotopic (exact) mass is 221 g/mol. The van der Waals surface area contributed by atoms with Crippen molar-refractivity contribution in [2.24, 2.45) is 0 Å². The van der Waals surface area contributed by atoms with E-state index in [1.54, 1.807) is 0 Å². The first-order chi connectivity index (χ1) is 8.42. The van der Waals surface area contributed by atoms with Gasteiger partial charge in [-0.05, 0) is 24.5 Å². The van der Waals surface area contributed by atoms with Crippen molar-refractivity contribution < 1.29 is 0 Å². The summed E-state index contributed by atoms with van der Waals surface area (Å²) in [4.78, 5) is 0. The number of hydrogen-bond acceptors (Lipinski definition) is 0. The van der Waals surface area contributed by atoms with Gasteiger partial charge in [-0.15, -0.1) is 0 Å². The van der Waals surface area contributed by atoms with Crippen molar-refractivity contribution in [2.75, 3.05) is 0 Å². The van der Waals surface area contributed by atoms with Gasteiger partial charge in [-0.25, -0.2) is 0 Å². The Kier molecular flexibility index (Phi) is 4.15. The average Bonchev–Trinajstić information content (AvgIpc) is 2.42. The van der Waals surface area contributed by atoms with Crippen LogP contribution in [0.2, 0.25) is 0 Å². The Morgan fingerprint density at radius 1 is 0.824 bits per heavy atom. The normalized spacial score (nSPS) is 11.2. The zero-order valence-corrected chi connectivity index (χ0v) is 9.92. The number of benzene rings is 2. The summed E-state index contributed by atoms with van der Waals surface area (Å²) in [5.74, 6) is 0.333. The summed E-state index contributed by atoms with van der Waals surface area (Å²) in [6.07, 6.45) is 5.19. The summed E-state index contributed by atoms with van der Waals surface area (Å²) in [5, 5.41) is 0. The highest BCUT2D eigenvalue weighted by Crippen LogP contribution is 2.25. The molecule has 0 bridgehead atoms. The Labute approximate surface area is 104 Å². The summed E-state index contributed by atoms with van der Waals surface area (Å²) >= 11 is 0. The Morgan fingerprint density at radius 2 is 1.29 bits per heavy atom. The third kappa shape index (κ3) is 3.07. The van der Waals surface area contributed by atoms with Gasteiger partial charge in [0.2, 0.25) is 0 Å². The van der Waals surface area contributed by atoms with Crippen LogP contribution in [-0.4, -0.2) is 0 Å². The molecule has 0 heterocycles. The third-order valence-corrected chi connectivity index (χ3v) is 2.81. The topological polar surface area (TPSA) is 0 Å². The standard InChI is InChI=1S/C17H17/c1-2-3-14-17(15-10-6-4-7-11-15)16-12-8-5-9-13-16/h3-14,17H,1-2H2. The number of allylic oxidation sites excluding steroid dienone is 2. The lowest BCUT2D eigenvalue weighted by molar-refractivity contribution is 1.02. The van der Waals surface area contributed by atoms with Gasteiger partial charge in [0, 0.05) is 5.92 Å². The number of rotatable bonds is 4. The van der Waals surface area contributed by atoms with Crippen LogP contribution in [0.3, 0.4) is 0 Å². The molecule has 0 nitrogen and oxygen atoms in total. The highest BCUT2D eigenvalue weighted by molar-refractivity contribution is 5.36. The van der Waals surface area contributed by atoms with Crippen LogP contribution < -0.4 is 0 Å². The maximum atomic E-state index is 3.86. The van der Waals surface area contributed by atoms with Crippen molar-refractivity contribution >= 4 is 0 Å². The van der Waals surface area contributed by atoms with Crippen LogP contribution in [0.25, 0.3) is 0 Å². The number of hydrogen-bond donors (Lipinski definition) is 0. The Hall–Kier alpha value is -1.82. The van der Waals surface area contributed by atoms with Gasteiger partial charge in [-0.2, -0.15) is 0 Å². The minimum atomic E-state index is 0.333. The molecule has 0 aliphatic carbocycles. The van der Waals surface area contributed by atoms with Crippen LogP contribution >= 0.6 is 0 Å². The van der Waals surface area contributed by atoms with Gasteiger partial charge in [0.1, 0.15) is 0 Å². The van der Waals surface area contributed by atoms with Crippen molar-refractivity contribution in [3.63, 3.8) is 0 Å². The van der Waals surface area contributed by atoms with E-state index in [-0.39, 0.29) is 0 Å². The largest absolute Gasteiger partial charge is 0.0876 e. The summed E-state index contributed by atoms with van der Waals surface area (Å²) in [7, 11) is 0. The van der Waals surface area contributed by atoms with Gasteiger partial charge in [-0.1, -0.05) is 72.8 Å². The molecule has 0 saturated carbocycles. The first-order valence-corrected chi connectivity index (χ1v) is 5.97. The highest BCUT2D eigenvalue weighted by atomic mass is 14.1. The van der Waals surface area contributed by atoms with E-state index in [1.807, 2.05) is 0 Å².